The second-order valence-electron chi connectivity index (χ2n) is 4.65. The molecule has 0 aliphatic heterocycles. The van der Waals surface area contributed by atoms with E-state index in [1.54, 1.807) is 18.2 Å². The molecule has 124 valence electrons. The van der Waals surface area contributed by atoms with Crippen molar-refractivity contribution in [1.82, 2.24) is 0 Å². The Hall–Kier alpha value is -2.87. The Morgan fingerprint density at radius 2 is 1.92 bits per heavy atom. The third-order valence-electron chi connectivity index (χ3n) is 3.02. The van der Waals surface area contributed by atoms with Gasteiger partial charge < -0.3 is 10.1 Å². The van der Waals surface area contributed by atoms with Crippen LogP contribution < -0.4 is 5.32 Å². The van der Waals surface area contributed by atoms with Gasteiger partial charge in [-0.25, -0.2) is 0 Å². The van der Waals surface area contributed by atoms with Gasteiger partial charge in [-0.3, -0.25) is 19.7 Å². The molecule has 8 heteroatoms. The molecule has 0 radical (unpaired) electrons. The van der Waals surface area contributed by atoms with Crippen LogP contribution in [0.15, 0.2) is 53.4 Å². The first-order valence-electron chi connectivity index (χ1n) is 6.85. The van der Waals surface area contributed by atoms with Crippen LogP contribution in [0.4, 0.5) is 11.4 Å². The van der Waals surface area contributed by atoms with Crippen LogP contribution in [-0.4, -0.2) is 29.7 Å². The zero-order chi connectivity index (χ0) is 17.5. The van der Waals surface area contributed by atoms with Crippen LogP contribution >= 0.6 is 11.8 Å². The quantitative estimate of drug-likeness (QED) is 0.373. The molecule has 24 heavy (non-hydrogen) atoms. The number of hydrogen-bond acceptors (Lipinski definition) is 6. The molecule has 0 spiro atoms. The number of nitro benzene ring substituents is 1. The molecule has 0 heterocycles. The Labute approximate surface area is 142 Å². The summed E-state index contributed by atoms with van der Waals surface area (Å²) in [5, 5.41) is 13.3. The van der Waals surface area contributed by atoms with Gasteiger partial charge in [-0.15, -0.1) is 11.8 Å². The highest BCUT2D eigenvalue weighted by molar-refractivity contribution is 8.00. The number of hydrogen-bond donors (Lipinski definition) is 1. The van der Waals surface area contributed by atoms with Crippen LogP contribution in [0, 0.1) is 10.1 Å². The number of esters is 1. The standard InChI is InChI=1S/C16H14N2O5S/c1-23-15(19)10-24-14-4-2-3-12(9-14)17-16(20)11-5-7-13(8-6-11)18(21)22/h2-9H,10H2,1H3,(H,17,20). The number of amides is 1. The first-order valence-corrected chi connectivity index (χ1v) is 7.83. The lowest BCUT2D eigenvalue weighted by atomic mass is 10.2. The van der Waals surface area contributed by atoms with Gasteiger partial charge in [0.15, 0.2) is 0 Å². The summed E-state index contributed by atoms with van der Waals surface area (Å²) < 4.78 is 4.57. The molecule has 2 rings (SSSR count). The van der Waals surface area contributed by atoms with Gasteiger partial charge in [0.25, 0.3) is 11.6 Å². The molecule has 0 fully saturated rings. The smallest absolute Gasteiger partial charge is 0.315 e. The number of thioether (sulfide) groups is 1. The minimum absolute atomic E-state index is 0.0762. The Morgan fingerprint density at radius 3 is 2.54 bits per heavy atom. The summed E-state index contributed by atoms with van der Waals surface area (Å²) in [4.78, 5) is 34.2. The van der Waals surface area contributed by atoms with Gasteiger partial charge in [0.2, 0.25) is 0 Å². The number of carbonyl (C=O) groups is 2. The number of methoxy groups -OCH3 is 1. The van der Waals surface area contributed by atoms with Gasteiger partial charge in [0, 0.05) is 28.3 Å². The monoisotopic (exact) mass is 346 g/mol. The number of non-ortho nitro benzene ring substituents is 1. The lowest BCUT2D eigenvalue weighted by molar-refractivity contribution is -0.384. The molecule has 0 aromatic heterocycles. The summed E-state index contributed by atoms with van der Waals surface area (Å²) in [5.74, 6) is -0.531. The van der Waals surface area contributed by atoms with Gasteiger partial charge in [0.1, 0.15) is 0 Å². The molecule has 2 aromatic rings. The van der Waals surface area contributed by atoms with E-state index < -0.39 is 4.92 Å². The fraction of sp³-hybridized carbons (Fsp3) is 0.125. The third-order valence-corrected chi connectivity index (χ3v) is 3.98. The average molecular weight is 346 g/mol. The summed E-state index contributed by atoms with van der Waals surface area (Å²) >= 11 is 1.29. The summed E-state index contributed by atoms with van der Waals surface area (Å²) in [5.41, 5.74) is 0.800. The number of rotatable bonds is 6. The predicted octanol–water partition coefficient (Wildman–Crippen LogP) is 3.11. The number of anilines is 1. The summed E-state index contributed by atoms with van der Waals surface area (Å²) in [7, 11) is 1.32. The van der Waals surface area contributed by atoms with Crippen molar-refractivity contribution in [3.05, 3.63) is 64.2 Å². The number of ether oxygens (including phenoxy) is 1. The van der Waals surface area contributed by atoms with Crippen molar-refractivity contribution < 1.29 is 19.2 Å². The second-order valence-corrected chi connectivity index (χ2v) is 5.70. The minimum atomic E-state index is -0.524. The van der Waals surface area contributed by atoms with E-state index in [0.29, 0.717) is 11.3 Å². The number of carbonyl (C=O) groups excluding carboxylic acids is 2. The first-order chi connectivity index (χ1) is 11.5. The fourth-order valence-electron chi connectivity index (χ4n) is 1.80. The van der Waals surface area contributed by atoms with Gasteiger partial charge in [-0.1, -0.05) is 6.07 Å². The molecule has 0 aliphatic carbocycles. The van der Waals surface area contributed by atoms with Gasteiger partial charge in [-0.05, 0) is 30.3 Å². The molecular weight excluding hydrogens is 332 g/mol. The highest BCUT2D eigenvalue weighted by Gasteiger charge is 2.10. The van der Waals surface area contributed by atoms with Crippen LogP contribution in [0.2, 0.25) is 0 Å². The Kier molecular flexibility index (Phi) is 5.91. The highest BCUT2D eigenvalue weighted by Crippen LogP contribution is 2.22. The van der Waals surface area contributed by atoms with Gasteiger partial charge in [0.05, 0.1) is 17.8 Å². The zero-order valence-electron chi connectivity index (χ0n) is 12.7. The molecule has 0 bridgehead atoms. The molecule has 1 N–H and O–H groups in total. The number of nitro groups is 1. The lowest BCUT2D eigenvalue weighted by Crippen LogP contribution is -2.11. The zero-order valence-corrected chi connectivity index (χ0v) is 13.5. The molecular formula is C16H14N2O5S. The second kappa shape index (κ2) is 8.11. The van der Waals surface area contributed by atoms with E-state index in [1.165, 1.54) is 43.1 Å². The topological polar surface area (TPSA) is 98.5 Å². The van der Waals surface area contributed by atoms with Crippen molar-refractivity contribution in [2.24, 2.45) is 0 Å². The molecule has 2 aromatic carbocycles. The Morgan fingerprint density at radius 1 is 1.21 bits per heavy atom. The largest absolute Gasteiger partial charge is 0.468 e. The van der Waals surface area contributed by atoms with Crippen molar-refractivity contribution in [1.29, 1.82) is 0 Å². The molecule has 0 saturated heterocycles. The molecule has 7 nitrogen and oxygen atoms in total. The van der Waals surface area contributed by atoms with E-state index in [9.17, 15) is 19.7 Å². The van der Waals surface area contributed by atoms with E-state index in [0.717, 1.165) is 4.90 Å². The van der Waals surface area contributed by atoms with Gasteiger partial charge >= 0.3 is 5.97 Å². The molecule has 0 atom stereocenters. The van der Waals surface area contributed by atoms with E-state index in [-0.39, 0.29) is 23.3 Å². The maximum absolute atomic E-state index is 12.2. The average Bonchev–Trinajstić information content (AvgIpc) is 2.60. The maximum atomic E-state index is 12.2. The SMILES string of the molecule is COC(=O)CSc1cccc(NC(=O)c2ccc([N+](=O)[O-])cc2)c1. The first kappa shape index (κ1) is 17.5. The van der Waals surface area contributed by atoms with Gasteiger partial charge in [-0.2, -0.15) is 0 Å². The summed E-state index contributed by atoms with van der Waals surface area (Å²) in [6.07, 6.45) is 0. The minimum Gasteiger partial charge on any atom is -0.468 e. The van der Waals surface area contributed by atoms with Crippen molar-refractivity contribution in [2.45, 2.75) is 4.90 Å². The van der Waals surface area contributed by atoms with Crippen molar-refractivity contribution >= 4 is 35.0 Å². The molecule has 0 saturated carbocycles. The van der Waals surface area contributed by atoms with Crippen LogP contribution in [0.1, 0.15) is 10.4 Å². The highest BCUT2D eigenvalue weighted by atomic mass is 32.2. The predicted molar refractivity (Wildman–Crippen MR) is 90.2 cm³/mol. The number of nitrogens with zero attached hydrogens (tertiary/aromatic N) is 1. The lowest BCUT2D eigenvalue weighted by Gasteiger charge is -2.07. The molecule has 0 unspecified atom stereocenters. The molecule has 1 amide bonds. The Bertz CT molecular complexity index is 761. The Balaban J connectivity index is 2.03. The van der Waals surface area contributed by atoms with E-state index in [4.69, 9.17) is 0 Å². The normalized spacial score (nSPS) is 10.0. The van der Waals surface area contributed by atoms with Crippen LogP contribution in [0.5, 0.6) is 0 Å². The maximum Gasteiger partial charge on any atom is 0.315 e. The van der Waals surface area contributed by atoms with Crippen LogP contribution in [0.25, 0.3) is 0 Å². The molecule has 0 aliphatic rings. The van der Waals surface area contributed by atoms with E-state index in [2.05, 4.69) is 10.1 Å². The third kappa shape index (κ3) is 4.82. The number of benzene rings is 2. The van der Waals surface area contributed by atoms with E-state index >= 15 is 0 Å². The van der Waals surface area contributed by atoms with Crippen molar-refractivity contribution in [2.75, 3.05) is 18.2 Å². The van der Waals surface area contributed by atoms with E-state index in [1.807, 2.05) is 6.07 Å². The van der Waals surface area contributed by atoms with Crippen LogP contribution in [-0.2, 0) is 9.53 Å². The summed E-state index contributed by atoms with van der Waals surface area (Å²) in [6.45, 7) is 0. The van der Waals surface area contributed by atoms with Crippen molar-refractivity contribution in [3.63, 3.8) is 0 Å². The van der Waals surface area contributed by atoms with Crippen LogP contribution in [0.3, 0.4) is 0 Å². The fourth-order valence-corrected chi connectivity index (χ4v) is 2.59. The summed E-state index contributed by atoms with van der Waals surface area (Å²) in [6, 6.07) is 12.4. The number of nitrogens with one attached hydrogen (secondary N) is 1. The van der Waals surface area contributed by atoms with Crippen molar-refractivity contribution in [3.8, 4) is 0 Å².